The van der Waals surface area contributed by atoms with Crippen LogP contribution in [0.1, 0.15) is 5.56 Å². The number of nitrogens with zero attached hydrogens (tertiary/aromatic N) is 2. The van der Waals surface area contributed by atoms with Crippen LogP contribution < -0.4 is 10.6 Å². The van der Waals surface area contributed by atoms with Crippen molar-refractivity contribution in [3.63, 3.8) is 0 Å². The van der Waals surface area contributed by atoms with E-state index < -0.39 is 0 Å². The molecule has 1 aromatic carbocycles. The van der Waals surface area contributed by atoms with E-state index in [1.807, 2.05) is 0 Å². The number of anilines is 1. The van der Waals surface area contributed by atoms with Crippen LogP contribution >= 0.6 is 0 Å². The lowest BCUT2D eigenvalue weighted by atomic mass is 10.2. The van der Waals surface area contributed by atoms with Gasteiger partial charge < -0.3 is 10.6 Å². The van der Waals surface area contributed by atoms with Crippen LogP contribution in [0.25, 0.3) is 0 Å². The lowest BCUT2D eigenvalue weighted by Crippen LogP contribution is -2.47. The molecule has 0 spiro atoms. The lowest BCUT2D eigenvalue weighted by molar-refractivity contribution is 0.265. The zero-order valence-electron chi connectivity index (χ0n) is 10.0. The monoisotopic (exact) mass is 219 g/mol. The van der Waals surface area contributed by atoms with Gasteiger partial charge in [0.05, 0.1) is 0 Å². The molecular weight excluding hydrogens is 198 g/mol. The minimum absolute atomic E-state index is 0.768. The van der Waals surface area contributed by atoms with E-state index in [-0.39, 0.29) is 0 Å². The van der Waals surface area contributed by atoms with E-state index in [2.05, 4.69) is 41.0 Å². The lowest BCUT2D eigenvalue weighted by Gasteiger charge is -2.35. The normalized spacial score (nSPS) is 17.8. The highest BCUT2D eigenvalue weighted by Crippen LogP contribution is 2.16. The second-order valence-electron chi connectivity index (χ2n) is 4.45. The minimum atomic E-state index is 0.768. The molecule has 0 saturated carbocycles. The fourth-order valence-corrected chi connectivity index (χ4v) is 2.17. The van der Waals surface area contributed by atoms with E-state index in [0.717, 1.165) is 39.3 Å². The maximum Gasteiger partial charge on any atom is 0.0367 e. The number of benzene rings is 1. The minimum Gasteiger partial charge on any atom is -0.369 e. The summed E-state index contributed by atoms with van der Waals surface area (Å²) < 4.78 is 0. The summed E-state index contributed by atoms with van der Waals surface area (Å²) in [5.41, 5.74) is 8.24. The summed E-state index contributed by atoms with van der Waals surface area (Å²) in [7, 11) is 0. The molecule has 0 atom stereocenters. The fourth-order valence-electron chi connectivity index (χ4n) is 2.17. The van der Waals surface area contributed by atoms with Gasteiger partial charge in [-0.1, -0.05) is 17.7 Å². The Morgan fingerprint density at radius 3 is 2.25 bits per heavy atom. The molecule has 88 valence electrons. The molecule has 1 fully saturated rings. The molecule has 1 aliphatic rings. The largest absolute Gasteiger partial charge is 0.369 e. The molecule has 1 aromatic rings. The van der Waals surface area contributed by atoms with Gasteiger partial charge in [-0.15, -0.1) is 0 Å². The van der Waals surface area contributed by atoms with Gasteiger partial charge in [-0.25, -0.2) is 0 Å². The Balaban J connectivity index is 1.91. The molecule has 3 nitrogen and oxygen atoms in total. The van der Waals surface area contributed by atoms with Gasteiger partial charge in [-0.05, 0) is 19.1 Å². The van der Waals surface area contributed by atoms with Gasteiger partial charge in [0.1, 0.15) is 0 Å². The topological polar surface area (TPSA) is 32.5 Å². The van der Waals surface area contributed by atoms with Crippen molar-refractivity contribution in [3.05, 3.63) is 29.8 Å². The van der Waals surface area contributed by atoms with Crippen LogP contribution in [0.3, 0.4) is 0 Å². The van der Waals surface area contributed by atoms with Gasteiger partial charge in [0, 0.05) is 45.0 Å². The van der Waals surface area contributed by atoms with Crippen molar-refractivity contribution in [2.75, 3.05) is 44.2 Å². The molecule has 16 heavy (non-hydrogen) atoms. The number of hydrogen-bond donors (Lipinski definition) is 1. The molecule has 0 aliphatic carbocycles. The first kappa shape index (κ1) is 11.4. The smallest absolute Gasteiger partial charge is 0.0367 e. The summed E-state index contributed by atoms with van der Waals surface area (Å²) in [5, 5.41) is 0. The molecule has 2 rings (SSSR count). The van der Waals surface area contributed by atoms with Crippen molar-refractivity contribution in [1.29, 1.82) is 0 Å². The zero-order valence-corrected chi connectivity index (χ0v) is 10.0. The number of aryl methyl sites for hydroxylation is 1. The van der Waals surface area contributed by atoms with E-state index >= 15 is 0 Å². The van der Waals surface area contributed by atoms with Gasteiger partial charge in [-0.3, -0.25) is 4.90 Å². The molecule has 1 saturated heterocycles. The summed E-state index contributed by atoms with van der Waals surface area (Å²) in [5.74, 6) is 0. The molecule has 1 heterocycles. The second-order valence-corrected chi connectivity index (χ2v) is 4.45. The van der Waals surface area contributed by atoms with Crippen LogP contribution in [-0.4, -0.2) is 44.2 Å². The highest BCUT2D eigenvalue weighted by molar-refractivity contribution is 5.47. The van der Waals surface area contributed by atoms with Crippen LogP contribution in [0.5, 0.6) is 0 Å². The third kappa shape index (κ3) is 2.74. The fraction of sp³-hybridized carbons (Fsp3) is 0.538. The Morgan fingerprint density at radius 2 is 1.69 bits per heavy atom. The SMILES string of the molecule is Cc1ccc(N2CCN(CCN)CC2)cc1. The number of rotatable bonds is 3. The Hall–Kier alpha value is -1.06. The Bertz CT molecular complexity index is 312. The van der Waals surface area contributed by atoms with Gasteiger partial charge in [0.25, 0.3) is 0 Å². The van der Waals surface area contributed by atoms with Gasteiger partial charge >= 0.3 is 0 Å². The van der Waals surface area contributed by atoms with Gasteiger partial charge in [0.2, 0.25) is 0 Å². The highest BCUT2D eigenvalue weighted by Gasteiger charge is 2.15. The quantitative estimate of drug-likeness (QED) is 0.825. The summed E-state index contributed by atoms with van der Waals surface area (Å²) in [4.78, 5) is 4.89. The molecular formula is C13H21N3. The van der Waals surface area contributed by atoms with Crippen LogP contribution in [0.4, 0.5) is 5.69 Å². The first-order valence-corrected chi connectivity index (χ1v) is 6.03. The van der Waals surface area contributed by atoms with E-state index in [4.69, 9.17) is 5.73 Å². The van der Waals surface area contributed by atoms with Crippen LogP contribution in [0, 0.1) is 6.92 Å². The number of nitrogens with two attached hydrogens (primary N) is 1. The summed E-state index contributed by atoms with van der Waals surface area (Å²) in [6.45, 7) is 8.41. The van der Waals surface area contributed by atoms with Crippen molar-refractivity contribution in [2.45, 2.75) is 6.92 Å². The van der Waals surface area contributed by atoms with Crippen LogP contribution in [0.15, 0.2) is 24.3 Å². The average molecular weight is 219 g/mol. The zero-order chi connectivity index (χ0) is 11.4. The molecule has 2 N–H and O–H groups in total. The maximum atomic E-state index is 5.57. The van der Waals surface area contributed by atoms with Crippen molar-refractivity contribution in [1.82, 2.24) is 4.90 Å². The van der Waals surface area contributed by atoms with Crippen LogP contribution in [-0.2, 0) is 0 Å². The van der Waals surface area contributed by atoms with E-state index in [9.17, 15) is 0 Å². The molecule has 0 radical (unpaired) electrons. The molecule has 0 bridgehead atoms. The van der Waals surface area contributed by atoms with E-state index in [0.29, 0.717) is 0 Å². The predicted molar refractivity (Wildman–Crippen MR) is 68.9 cm³/mol. The van der Waals surface area contributed by atoms with Gasteiger partial charge in [-0.2, -0.15) is 0 Å². The maximum absolute atomic E-state index is 5.57. The van der Waals surface area contributed by atoms with Crippen molar-refractivity contribution < 1.29 is 0 Å². The first-order chi connectivity index (χ1) is 7.79. The van der Waals surface area contributed by atoms with Crippen molar-refractivity contribution >= 4 is 5.69 Å². The van der Waals surface area contributed by atoms with Crippen molar-refractivity contribution in [2.24, 2.45) is 5.73 Å². The third-order valence-corrected chi connectivity index (χ3v) is 3.22. The Morgan fingerprint density at radius 1 is 1.06 bits per heavy atom. The molecule has 1 aliphatic heterocycles. The summed E-state index contributed by atoms with van der Waals surface area (Å²) >= 11 is 0. The van der Waals surface area contributed by atoms with E-state index in [1.165, 1.54) is 11.3 Å². The Labute approximate surface area is 97.8 Å². The predicted octanol–water partition coefficient (Wildman–Crippen LogP) is 1.08. The highest BCUT2D eigenvalue weighted by atomic mass is 15.3. The Kier molecular flexibility index (Phi) is 3.80. The van der Waals surface area contributed by atoms with Crippen molar-refractivity contribution in [3.8, 4) is 0 Å². The number of hydrogen-bond acceptors (Lipinski definition) is 3. The molecule has 0 aromatic heterocycles. The standard InChI is InChI=1S/C13H21N3/c1-12-2-4-13(5-3-12)16-10-8-15(7-6-14)9-11-16/h2-5H,6-11,14H2,1H3. The van der Waals surface area contributed by atoms with Gasteiger partial charge in [0.15, 0.2) is 0 Å². The molecule has 3 heteroatoms. The first-order valence-electron chi connectivity index (χ1n) is 6.03. The van der Waals surface area contributed by atoms with E-state index in [1.54, 1.807) is 0 Å². The van der Waals surface area contributed by atoms with Crippen LogP contribution in [0.2, 0.25) is 0 Å². The second kappa shape index (κ2) is 5.32. The summed E-state index contributed by atoms with van der Waals surface area (Å²) in [6, 6.07) is 8.80. The average Bonchev–Trinajstić information content (AvgIpc) is 2.32. The third-order valence-electron chi connectivity index (χ3n) is 3.22. The molecule has 0 amide bonds. The number of piperazine rings is 1. The summed E-state index contributed by atoms with van der Waals surface area (Å²) in [6.07, 6.45) is 0. The molecule has 0 unspecified atom stereocenters.